The fourth-order valence-corrected chi connectivity index (χ4v) is 3.23. The molecule has 1 aliphatic heterocycles. The standard InChI is InChI=1S/C11H9Cl4NO3/c1-18-11(19-2)6-5(4(3-17)16-11)7(12)9(14)10(15)8(6)13/h3-4,16H,1-2H3. The average Bonchev–Trinajstić information content (AvgIpc) is 2.77. The van der Waals surface area contributed by atoms with Crippen LogP contribution in [0.15, 0.2) is 0 Å². The Morgan fingerprint density at radius 1 is 1.05 bits per heavy atom. The van der Waals surface area contributed by atoms with Gasteiger partial charge in [0, 0.05) is 19.8 Å². The third-order valence-corrected chi connectivity index (χ3v) is 4.82. The number of ether oxygens (including phenoxy) is 2. The number of methoxy groups -OCH3 is 2. The summed E-state index contributed by atoms with van der Waals surface area (Å²) in [6.45, 7) is 0. The van der Waals surface area contributed by atoms with Gasteiger partial charge in [-0.25, -0.2) is 5.32 Å². The summed E-state index contributed by atoms with van der Waals surface area (Å²) in [5.74, 6) is -1.39. The van der Waals surface area contributed by atoms with Crippen LogP contribution in [0.25, 0.3) is 0 Å². The van der Waals surface area contributed by atoms with Gasteiger partial charge >= 0.3 is 0 Å². The van der Waals surface area contributed by atoms with E-state index in [9.17, 15) is 4.79 Å². The maximum atomic E-state index is 11.2. The number of aldehydes is 1. The summed E-state index contributed by atoms with van der Waals surface area (Å²) in [6.07, 6.45) is 0.658. The van der Waals surface area contributed by atoms with Crippen LogP contribution in [0.1, 0.15) is 17.2 Å². The van der Waals surface area contributed by atoms with Gasteiger partial charge in [-0.15, -0.1) is 0 Å². The van der Waals surface area contributed by atoms with Crippen LogP contribution in [0, 0.1) is 0 Å². The third kappa shape index (κ3) is 2.07. The molecule has 19 heavy (non-hydrogen) atoms. The fraction of sp³-hybridized carbons (Fsp3) is 0.364. The van der Waals surface area contributed by atoms with Crippen LogP contribution < -0.4 is 5.32 Å². The molecule has 0 bridgehead atoms. The zero-order valence-corrected chi connectivity index (χ0v) is 12.9. The van der Waals surface area contributed by atoms with Crippen LogP contribution in [-0.4, -0.2) is 20.5 Å². The number of carbonyl (C=O) groups is 1. The highest BCUT2D eigenvalue weighted by Crippen LogP contribution is 2.51. The van der Waals surface area contributed by atoms with Crippen LogP contribution in [0.3, 0.4) is 0 Å². The van der Waals surface area contributed by atoms with Gasteiger partial charge in [-0.2, -0.15) is 0 Å². The molecule has 0 spiro atoms. The van der Waals surface area contributed by atoms with E-state index in [0.29, 0.717) is 17.4 Å². The highest BCUT2D eigenvalue weighted by molar-refractivity contribution is 6.52. The van der Waals surface area contributed by atoms with Crippen LogP contribution >= 0.6 is 46.4 Å². The molecule has 0 aromatic heterocycles. The molecule has 1 aromatic carbocycles. The maximum absolute atomic E-state index is 11.2. The Labute approximate surface area is 129 Å². The normalized spacial score (nSPS) is 20.4. The van der Waals surface area contributed by atoms with E-state index in [2.05, 4.69) is 5.32 Å². The molecule has 0 saturated heterocycles. The van der Waals surface area contributed by atoms with Gasteiger partial charge < -0.3 is 14.3 Å². The molecule has 0 radical (unpaired) electrons. The van der Waals surface area contributed by atoms with Gasteiger partial charge in [0.15, 0.2) is 0 Å². The first-order chi connectivity index (χ1) is 8.93. The quantitative estimate of drug-likeness (QED) is 0.394. The lowest BCUT2D eigenvalue weighted by Gasteiger charge is -2.28. The van der Waals surface area contributed by atoms with Crippen molar-refractivity contribution in [3.05, 3.63) is 31.2 Å². The van der Waals surface area contributed by atoms with E-state index in [1.807, 2.05) is 0 Å². The Balaban J connectivity index is 2.85. The molecule has 2 rings (SSSR count). The summed E-state index contributed by atoms with van der Waals surface area (Å²) in [5, 5.41) is 3.30. The van der Waals surface area contributed by atoms with Gasteiger partial charge in [-0.1, -0.05) is 46.4 Å². The minimum atomic E-state index is -1.39. The Hall–Kier alpha value is -0.0700. The minimum absolute atomic E-state index is 0.0823. The van der Waals surface area contributed by atoms with Crippen LogP contribution in [0.4, 0.5) is 0 Å². The zero-order chi connectivity index (χ0) is 14.4. The van der Waals surface area contributed by atoms with Crippen LogP contribution in [-0.2, 0) is 20.2 Å². The van der Waals surface area contributed by atoms with Gasteiger partial charge in [0.05, 0.1) is 31.7 Å². The monoisotopic (exact) mass is 343 g/mol. The summed E-state index contributed by atoms with van der Waals surface area (Å²) < 4.78 is 10.6. The second-order valence-electron chi connectivity index (χ2n) is 3.83. The fourth-order valence-electron chi connectivity index (χ4n) is 2.12. The molecule has 0 amide bonds. The molecular weight excluding hydrogens is 336 g/mol. The van der Waals surface area contributed by atoms with Gasteiger partial charge in [-0.05, 0) is 0 Å². The summed E-state index contributed by atoms with van der Waals surface area (Å²) in [4.78, 5) is 11.2. The molecule has 8 heteroatoms. The molecule has 4 nitrogen and oxygen atoms in total. The highest BCUT2D eigenvalue weighted by atomic mass is 35.5. The SMILES string of the molecule is COC1(OC)NC(C=O)c2c(Cl)c(Cl)c(Cl)c(Cl)c21. The smallest absolute Gasteiger partial charge is 0.258 e. The number of hydrogen-bond acceptors (Lipinski definition) is 4. The maximum Gasteiger partial charge on any atom is 0.258 e. The van der Waals surface area contributed by atoms with Gasteiger partial charge in [0.25, 0.3) is 5.91 Å². The van der Waals surface area contributed by atoms with Crippen molar-refractivity contribution >= 4 is 52.7 Å². The molecule has 1 unspecified atom stereocenters. The lowest BCUT2D eigenvalue weighted by Crippen LogP contribution is -2.42. The number of benzene rings is 1. The number of carbonyl (C=O) groups excluding carboxylic acids is 1. The van der Waals surface area contributed by atoms with E-state index in [1.165, 1.54) is 14.2 Å². The Bertz CT molecular complexity index is 545. The van der Waals surface area contributed by atoms with E-state index in [-0.39, 0.29) is 20.1 Å². The second-order valence-corrected chi connectivity index (χ2v) is 5.34. The first-order valence-corrected chi connectivity index (χ1v) is 6.64. The van der Waals surface area contributed by atoms with E-state index < -0.39 is 12.0 Å². The zero-order valence-electron chi connectivity index (χ0n) is 9.89. The molecule has 0 fully saturated rings. The molecule has 1 aromatic rings. The summed E-state index contributed by atoms with van der Waals surface area (Å²) in [5.41, 5.74) is 0.760. The number of halogens is 4. The molecule has 0 aliphatic carbocycles. The number of rotatable bonds is 3. The first-order valence-electron chi connectivity index (χ1n) is 5.13. The summed E-state index contributed by atoms with van der Waals surface area (Å²) in [6, 6.07) is -0.755. The first kappa shape index (κ1) is 15.3. The Morgan fingerprint density at radius 3 is 2.05 bits per heavy atom. The summed E-state index contributed by atoms with van der Waals surface area (Å²) in [7, 11) is 2.81. The predicted molar refractivity (Wildman–Crippen MR) is 74.1 cm³/mol. The molecular formula is C11H9Cl4NO3. The van der Waals surface area contributed by atoms with Gasteiger partial charge in [-0.3, -0.25) is 0 Å². The highest BCUT2D eigenvalue weighted by Gasteiger charge is 2.48. The van der Waals surface area contributed by atoms with Crippen molar-refractivity contribution in [2.24, 2.45) is 0 Å². The molecule has 104 valence electrons. The van der Waals surface area contributed by atoms with Gasteiger partial charge in [0.1, 0.15) is 6.29 Å². The molecule has 1 atom stereocenters. The molecule has 1 N–H and O–H groups in total. The Kier molecular flexibility index (Phi) is 4.33. The van der Waals surface area contributed by atoms with Crippen molar-refractivity contribution in [1.82, 2.24) is 5.32 Å². The lowest BCUT2D eigenvalue weighted by molar-refractivity contribution is -0.234. The Morgan fingerprint density at radius 2 is 1.58 bits per heavy atom. The van der Waals surface area contributed by atoms with Crippen molar-refractivity contribution in [2.45, 2.75) is 12.0 Å². The number of fused-ring (bicyclic) bond motifs is 1. The molecule has 1 aliphatic rings. The van der Waals surface area contributed by atoms with E-state index in [1.54, 1.807) is 0 Å². The predicted octanol–water partition coefficient (Wildman–Crippen LogP) is 3.55. The average molecular weight is 345 g/mol. The summed E-state index contributed by atoms with van der Waals surface area (Å²) >= 11 is 24.4. The van der Waals surface area contributed by atoms with E-state index in [4.69, 9.17) is 55.9 Å². The number of nitrogens with one attached hydrogen (secondary N) is 1. The topological polar surface area (TPSA) is 47.6 Å². The van der Waals surface area contributed by atoms with Crippen molar-refractivity contribution in [3.63, 3.8) is 0 Å². The van der Waals surface area contributed by atoms with E-state index >= 15 is 0 Å². The second kappa shape index (κ2) is 5.37. The van der Waals surface area contributed by atoms with Gasteiger partial charge in [0.2, 0.25) is 0 Å². The third-order valence-electron chi connectivity index (χ3n) is 3.00. The van der Waals surface area contributed by atoms with Crippen molar-refractivity contribution < 1.29 is 14.3 Å². The lowest BCUT2D eigenvalue weighted by atomic mass is 10.0. The van der Waals surface area contributed by atoms with Crippen molar-refractivity contribution in [2.75, 3.05) is 14.2 Å². The number of hydrogen-bond donors (Lipinski definition) is 1. The molecule has 1 heterocycles. The molecule has 0 saturated carbocycles. The largest absolute Gasteiger partial charge is 0.337 e. The van der Waals surface area contributed by atoms with Crippen LogP contribution in [0.5, 0.6) is 0 Å². The minimum Gasteiger partial charge on any atom is -0.337 e. The van der Waals surface area contributed by atoms with Crippen molar-refractivity contribution in [1.29, 1.82) is 0 Å². The van der Waals surface area contributed by atoms with E-state index in [0.717, 1.165) is 0 Å². The van der Waals surface area contributed by atoms with Crippen molar-refractivity contribution in [3.8, 4) is 0 Å². The van der Waals surface area contributed by atoms with Crippen LogP contribution in [0.2, 0.25) is 20.1 Å².